The van der Waals surface area contributed by atoms with Crippen molar-refractivity contribution in [3.63, 3.8) is 0 Å². The number of rotatable bonds is 31. The van der Waals surface area contributed by atoms with Gasteiger partial charge in [-0.05, 0) is 20.5 Å². The maximum Gasteiger partial charge on any atom is 0.122 e. The normalized spacial score (nSPS) is 11.5. The Morgan fingerprint density at radius 1 is 0.543 bits per heavy atom. The van der Waals surface area contributed by atoms with E-state index in [2.05, 4.69) is 17.3 Å². The zero-order chi connectivity index (χ0) is 25.5. The number of hydrogen-bond acceptors (Lipinski definition) is 11. The minimum Gasteiger partial charge on any atom is -0.379 e. The quantitative estimate of drug-likeness (QED) is 0.102. The standard InChI is InChI=1S/C24H50N2O9/c1-25-5-11-30-15-19-34-23-21-32-17-13-28-9-3-6-26(2)7-12-31-16-20-35-24-22-33-18-14-29-10-4-8-27/h8,25H,3-7,9-24H2,1-2H3. The van der Waals surface area contributed by atoms with E-state index in [0.717, 1.165) is 38.9 Å². The molecular formula is C24H50N2O9. The second-order valence-corrected chi connectivity index (χ2v) is 7.61. The topological polar surface area (TPSA) is 106 Å². The molecule has 11 nitrogen and oxygen atoms in total. The highest BCUT2D eigenvalue weighted by Gasteiger charge is 1.99. The van der Waals surface area contributed by atoms with Crippen molar-refractivity contribution < 1.29 is 42.7 Å². The zero-order valence-electron chi connectivity index (χ0n) is 22.0. The fourth-order valence-corrected chi connectivity index (χ4v) is 2.60. The highest BCUT2D eigenvalue weighted by atomic mass is 16.6. The molecule has 0 aliphatic heterocycles. The average molecular weight is 511 g/mol. The Kier molecular flexibility index (Phi) is 30.6. The Balaban J connectivity index is 3.13. The molecule has 0 aliphatic carbocycles. The summed E-state index contributed by atoms with van der Waals surface area (Å²) >= 11 is 0. The van der Waals surface area contributed by atoms with E-state index in [1.807, 2.05) is 7.05 Å². The summed E-state index contributed by atoms with van der Waals surface area (Å²) in [6.07, 6.45) is 2.24. The second-order valence-electron chi connectivity index (χ2n) is 7.61. The van der Waals surface area contributed by atoms with E-state index >= 15 is 0 Å². The smallest absolute Gasteiger partial charge is 0.122 e. The summed E-state index contributed by atoms with van der Waals surface area (Å²) in [5.41, 5.74) is 0. The van der Waals surface area contributed by atoms with Gasteiger partial charge in [0.05, 0.1) is 99.1 Å². The molecule has 0 fully saturated rings. The van der Waals surface area contributed by atoms with Crippen molar-refractivity contribution >= 4 is 6.29 Å². The van der Waals surface area contributed by atoms with Gasteiger partial charge in [-0.3, -0.25) is 0 Å². The van der Waals surface area contributed by atoms with Gasteiger partial charge < -0.3 is 52.9 Å². The highest BCUT2D eigenvalue weighted by Crippen LogP contribution is 1.91. The van der Waals surface area contributed by atoms with E-state index in [1.54, 1.807) is 0 Å². The molecule has 0 saturated carbocycles. The lowest BCUT2D eigenvalue weighted by Crippen LogP contribution is -2.26. The fraction of sp³-hybridized carbons (Fsp3) is 0.958. The SMILES string of the molecule is CNCCOCCOCCOCCOCCCN(C)CCOCCOCCOCCOCCC=O. The van der Waals surface area contributed by atoms with Gasteiger partial charge in [-0.1, -0.05) is 0 Å². The lowest BCUT2D eigenvalue weighted by molar-refractivity contribution is -0.108. The van der Waals surface area contributed by atoms with Gasteiger partial charge in [0, 0.05) is 32.7 Å². The lowest BCUT2D eigenvalue weighted by atomic mass is 10.4. The number of ether oxygens (including phenoxy) is 8. The third-order valence-corrected chi connectivity index (χ3v) is 4.55. The van der Waals surface area contributed by atoms with Crippen LogP contribution in [0.15, 0.2) is 0 Å². The second kappa shape index (κ2) is 31.3. The van der Waals surface area contributed by atoms with Crippen molar-refractivity contribution in [1.29, 1.82) is 0 Å². The number of likely N-dealkylation sites (N-methyl/N-ethyl adjacent to an activating group) is 2. The number of carbonyl (C=O) groups is 1. The minimum atomic E-state index is 0.426. The van der Waals surface area contributed by atoms with E-state index in [9.17, 15) is 4.79 Å². The minimum absolute atomic E-state index is 0.426. The van der Waals surface area contributed by atoms with Crippen molar-refractivity contribution in [2.45, 2.75) is 12.8 Å². The molecule has 11 heteroatoms. The van der Waals surface area contributed by atoms with Crippen LogP contribution in [0.5, 0.6) is 0 Å². The number of aldehydes is 1. The maximum absolute atomic E-state index is 10.1. The molecule has 0 aromatic heterocycles. The molecule has 0 radical (unpaired) electrons. The molecular weight excluding hydrogens is 460 g/mol. The van der Waals surface area contributed by atoms with Gasteiger partial charge in [-0.15, -0.1) is 0 Å². The summed E-state index contributed by atoms with van der Waals surface area (Å²) in [4.78, 5) is 12.4. The van der Waals surface area contributed by atoms with Gasteiger partial charge in [0.2, 0.25) is 0 Å². The van der Waals surface area contributed by atoms with Crippen LogP contribution in [-0.2, 0) is 42.7 Å². The van der Waals surface area contributed by atoms with Gasteiger partial charge >= 0.3 is 0 Å². The molecule has 0 atom stereocenters. The van der Waals surface area contributed by atoms with Crippen LogP contribution in [0.3, 0.4) is 0 Å². The van der Waals surface area contributed by atoms with Crippen LogP contribution < -0.4 is 5.32 Å². The molecule has 0 spiro atoms. The Morgan fingerprint density at radius 3 is 1.40 bits per heavy atom. The van der Waals surface area contributed by atoms with Gasteiger partial charge in [0.1, 0.15) is 6.29 Å². The predicted octanol–water partition coefficient (Wildman–Crippen LogP) is 0.250. The van der Waals surface area contributed by atoms with Gasteiger partial charge in [-0.25, -0.2) is 0 Å². The van der Waals surface area contributed by atoms with Crippen molar-refractivity contribution in [2.24, 2.45) is 0 Å². The summed E-state index contributed by atoms with van der Waals surface area (Å²) in [5, 5.41) is 3.02. The van der Waals surface area contributed by atoms with Crippen molar-refractivity contribution in [3.05, 3.63) is 0 Å². The fourth-order valence-electron chi connectivity index (χ4n) is 2.60. The summed E-state index contributed by atoms with van der Waals surface area (Å²) in [6, 6.07) is 0. The average Bonchev–Trinajstić information content (AvgIpc) is 2.86. The number of nitrogens with zero attached hydrogens (tertiary/aromatic N) is 1. The molecule has 0 aromatic rings. The molecule has 0 aliphatic rings. The number of carbonyl (C=O) groups excluding carboxylic acids is 1. The first kappa shape index (κ1) is 34.3. The Morgan fingerprint density at radius 2 is 0.943 bits per heavy atom. The number of hydrogen-bond donors (Lipinski definition) is 1. The van der Waals surface area contributed by atoms with Crippen LogP contribution in [0.2, 0.25) is 0 Å². The van der Waals surface area contributed by atoms with E-state index in [1.165, 1.54) is 0 Å². The van der Waals surface area contributed by atoms with Crippen LogP contribution >= 0.6 is 0 Å². The van der Waals surface area contributed by atoms with E-state index in [4.69, 9.17) is 37.9 Å². The predicted molar refractivity (Wildman–Crippen MR) is 133 cm³/mol. The van der Waals surface area contributed by atoms with Gasteiger partial charge in [-0.2, -0.15) is 0 Å². The zero-order valence-corrected chi connectivity index (χ0v) is 22.0. The van der Waals surface area contributed by atoms with Crippen molar-refractivity contribution in [2.75, 3.05) is 139 Å². The van der Waals surface area contributed by atoms with E-state index in [0.29, 0.717) is 106 Å². The first-order valence-corrected chi connectivity index (χ1v) is 12.7. The molecule has 0 rings (SSSR count). The molecule has 0 heterocycles. The Hall–Kier alpha value is -0.730. The number of nitrogens with one attached hydrogen (secondary N) is 1. The molecule has 0 unspecified atom stereocenters. The molecule has 0 amide bonds. The third-order valence-electron chi connectivity index (χ3n) is 4.55. The molecule has 0 bridgehead atoms. The largest absolute Gasteiger partial charge is 0.379 e. The van der Waals surface area contributed by atoms with Gasteiger partial charge in [0.15, 0.2) is 0 Å². The monoisotopic (exact) mass is 510 g/mol. The molecule has 1 N–H and O–H groups in total. The summed E-state index contributed by atoms with van der Waals surface area (Å²) in [7, 11) is 3.98. The molecule has 210 valence electrons. The summed E-state index contributed by atoms with van der Waals surface area (Å²) < 4.78 is 43.5. The lowest BCUT2D eigenvalue weighted by Gasteiger charge is -2.16. The van der Waals surface area contributed by atoms with Crippen LogP contribution in [-0.4, -0.2) is 151 Å². The van der Waals surface area contributed by atoms with Crippen LogP contribution in [0.1, 0.15) is 12.8 Å². The molecule has 35 heavy (non-hydrogen) atoms. The molecule has 0 saturated heterocycles. The first-order chi connectivity index (χ1) is 17.3. The third kappa shape index (κ3) is 31.2. The van der Waals surface area contributed by atoms with Crippen molar-refractivity contribution in [1.82, 2.24) is 10.2 Å². The first-order valence-electron chi connectivity index (χ1n) is 12.7. The van der Waals surface area contributed by atoms with Gasteiger partial charge in [0.25, 0.3) is 0 Å². The van der Waals surface area contributed by atoms with Crippen molar-refractivity contribution in [3.8, 4) is 0 Å². The van der Waals surface area contributed by atoms with Crippen LogP contribution in [0, 0.1) is 0 Å². The Labute approximate surface area is 212 Å². The Bertz CT molecular complexity index is 409. The van der Waals surface area contributed by atoms with E-state index in [-0.39, 0.29) is 0 Å². The summed E-state index contributed by atoms with van der Waals surface area (Å²) in [6.45, 7) is 11.9. The van der Waals surface area contributed by atoms with Crippen LogP contribution in [0.25, 0.3) is 0 Å². The van der Waals surface area contributed by atoms with E-state index < -0.39 is 0 Å². The highest BCUT2D eigenvalue weighted by molar-refractivity contribution is 5.49. The summed E-state index contributed by atoms with van der Waals surface area (Å²) in [5.74, 6) is 0. The molecule has 0 aromatic carbocycles. The van der Waals surface area contributed by atoms with Crippen LogP contribution in [0.4, 0.5) is 0 Å². The maximum atomic E-state index is 10.1.